The van der Waals surface area contributed by atoms with Gasteiger partial charge in [-0.1, -0.05) is 17.7 Å². The molecule has 1 N–H and O–H groups in total. The van der Waals surface area contributed by atoms with Crippen LogP contribution >= 0.6 is 23.2 Å². The zero-order chi connectivity index (χ0) is 13.0. The predicted octanol–water partition coefficient (Wildman–Crippen LogP) is 3.68. The fourth-order valence-electron chi connectivity index (χ4n) is 1.21. The standard InChI is InChI=1S/C11H8Cl2N2O3/c12-6-9-5-10(15-18-9)17-11(16)14-8-3-1-2-7(13)4-8/h1-5H,6H2,(H,14,16). The van der Waals surface area contributed by atoms with Gasteiger partial charge in [0.25, 0.3) is 5.88 Å². The first-order chi connectivity index (χ1) is 8.67. The highest BCUT2D eigenvalue weighted by atomic mass is 35.5. The zero-order valence-corrected chi connectivity index (χ0v) is 10.5. The van der Waals surface area contributed by atoms with Gasteiger partial charge in [-0.15, -0.1) is 11.6 Å². The van der Waals surface area contributed by atoms with Crippen LogP contribution in [-0.2, 0) is 5.88 Å². The summed E-state index contributed by atoms with van der Waals surface area (Å²) in [7, 11) is 0. The molecule has 1 aromatic heterocycles. The van der Waals surface area contributed by atoms with Crippen molar-refractivity contribution in [1.29, 1.82) is 0 Å². The monoisotopic (exact) mass is 286 g/mol. The summed E-state index contributed by atoms with van der Waals surface area (Å²) in [5.74, 6) is 0.624. The number of nitrogens with zero attached hydrogens (tertiary/aromatic N) is 1. The van der Waals surface area contributed by atoms with Gasteiger partial charge in [0.2, 0.25) is 0 Å². The van der Waals surface area contributed by atoms with E-state index in [2.05, 4.69) is 10.5 Å². The van der Waals surface area contributed by atoms with Crippen molar-refractivity contribution >= 4 is 35.0 Å². The maximum absolute atomic E-state index is 11.5. The van der Waals surface area contributed by atoms with E-state index in [1.54, 1.807) is 24.3 Å². The van der Waals surface area contributed by atoms with Crippen LogP contribution in [0.5, 0.6) is 5.88 Å². The largest absolute Gasteiger partial charge is 0.418 e. The van der Waals surface area contributed by atoms with Gasteiger partial charge in [-0.3, -0.25) is 5.32 Å². The van der Waals surface area contributed by atoms with Gasteiger partial charge in [0.1, 0.15) is 0 Å². The van der Waals surface area contributed by atoms with Crippen LogP contribution < -0.4 is 10.1 Å². The van der Waals surface area contributed by atoms with E-state index in [0.717, 1.165) is 0 Å². The third-order valence-corrected chi connectivity index (χ3v) is 2.44. The van der Waals surface area contributed by atoms with E-state index in [9.17, 15) is 4.79 Å². The summed E-state index contributed by atoms with van der Waals surface area (Å²) in [6, 6.07) is 8.11. The second-order valence-electron chi connectivity index (χ2n) is 3.29. The molecule has 0 saturated heterocycles. The Balaban J connectivity index is 1.96. The maximum Gasteiger partial charge on any atom is 0.418 e. The molecule has 1 amide bonds. The molecule has 0 atom stereocenters. The van der Waals surface area contributed by atoms with Gasteiger partial charge in [-0.25, -0.2) is 4.79 Å². The SMILES string of the molecule is O=C(Nc1cccc(Cl)c1)Oc1cc(CCl)on1. The molecule has 0 aliphatic heterocycles. The van der Waals surface area contributed by atoms with Crippen molar-refractivity contribution in [3.05, 3.63) is 41.1 Å². The lowest BCUT2D eigenvalue weighted by molar-refractivity contribution is 0.210. The van der Waals surface area contributed by atoms with Crippen LogP contribution in [0.4, 0.5) is 10.5 Å². The summed E-state index contributed by atoms with van der Waals surface area (Å²) >= 11 is 11.3. The van der Waals surface area contributed by atoms with Crippen molar-refractivity contribution in [2.75, 3.05) is 5.32 Å². The second kappa shape index (κ2) is 5.75. The number of carbonyl (C=O) groups is 1. The highest BCUT2D eigenvalue weighted by molar-refractivity contribution is 6.30. The number of ether oxygens (including phenoxy) is 1. The number of halogens is 2. The summed E-state index contributed by atoms with van der Waals surface area (Å²) < 4.78 is 9.66. The molecular weight excluding hydrogens is 279 g/mol. The topological polar surface area (TPSA) is 64.4 Å². The molecule has 18 heavy (non-hydrogen) atoms. The van der Waals surface area contributed by atoms with Crippen LogP contribution in [0.15, 0.2) is 34.9 Å². The van der Waals surface area contributed by atoms with E-state index in [1.807, 2.05) is 0 Å². The highest BCUT2D eigenvalue weighted by Crippen LogP contribution is 2.16. The molecule has 0 unspecified atom stereocenters. The van der Waals surface area contributed by atoms with E-state index in [1.165, 1.54) is 6.07 Å². The summed E-state index contributed by atoms with van der Waals surface area (Å²) in [6.07, 6.45) is -0.688. The summed E-state index contributed by atoms with van der Waals surface area (Å²) in [6.45, 7) is 0. The first-order valence-corrected chi connectivity index (χ1v) is 5.84. The Kier molecular flexibility index (Phi) is 4.07. The van der Waals surface area contributed by atoms with Crippen LogP contribution in [0.3, 0.4) is 0 Å². The van der Waals surface area contributed by atoms with Crippen LogP contribution in [0.2, 0.25) is 5.02 Å². The quantitative estimate of drug-likeness (QED) is 0.874. The van der Waals surface area contributed by atoms with E-state index in [4.69, 9.17) is 32.5 Å². The number of nitrogens with one attached hydrogen (secondary N) is 1. The number of aromatic nitrogens is 1. The number of amides is 1. The predicted molar refractivity (Wildman–Crippen MR) is 67.2 cm³/mol. The van der Waals surface area contributed by atoms with Crippen molar-refractivity contribution < 1.29 is 14.1 Å². The number of hydrogen-bond donors (Lipinski definition) is 1. The van der Waals surface area contributed by atoms with Crippen LogP contribution in [0.25, 0.3) is 0 Å². The van der Waals surface area contributed by atoms with Crippen LogP contribution in [0.1, 0.15) is 5.76 Å². The fourth-order valence-corrected chi connectivity index (χ4v) is 1.53. The number of rotatable bonds is 3. The first-order valence-electron chi connectivity index (χ1n) is 4.93. The Morgan fingerprint density at radius 3 is 2.94 bits per heavy atom. The molecule has 0 fully saturated rings. The molecule has 0 saturated carbocycles. The van der Waals surface area contributed by atoms with E-state index in [0.29, 0.717) is 16.5 Å². The van der Waals surface area contributed by atoms with Crippen LogP contribution in [-0.4, -0.2) is 11.2 Å². The van der Waals surface area contributed by atoms with Crippen molar-refractivity contribution in [2.45, 2.75) is 5.88 Å². The summed E-state index contributed by atoms with van der Waals surface area (Å²) in [5, 5.41) is 6.53. The molecule has 5 nitrogen and oxygen atoms in total. The van der Waals surface area contributed by atoms with E-state index in [-0.39, 0.29) is 11.8 Å². The molecule has 0 radical (unpaired) electrons. The molecule has 2 aromatic rings. The average Bonchev–Trinajstić information content (AvgIpc) is 2.76. The lowest BCUT2D eigenvalue weighted by atomic mass is 10.3. The lowest BCUT2D eigenvalue weighted by Crippen LogP contribution is -2.16. The second-order valence-corrected chi connectivity index (χ2v) is 3.99. The van der Waals surface area contributed by atoms with Gasteiger partial charge in [0, 0.05) is 16.8 Å². The minimum Gasteiger partial charge on any atom is -0.388 e. The normalized spacial score (nSPS) is 10.1. The Bertz CT molecular complexity index is 557. The molecule has 0 aliphatic carbocycles. The van der Waals surface area contributed by atoms with Crippen LogP contribution in [0, 0.1) is 0 Å². The van der Waals surface area contributed by atoms with Gasteiger partial charge in [-0.2, -0.15) is 0 Å². The highest BCUT2D eigenvalue weighted by Gasteiger charge is 2.10. The Morgan fingerprint density at radius 2 is 2.28 bits per heavy atom. The molecular formula is C11H8Cl2N2O3. The first kappa shape index (κ1) is 12.7. The number of hydrogen-bond acceptors (Lipinski definition) is 4. The molecule has 0 spiro atoms. The van der Waals surface area contributed by atoms with Gasteiger partial charge in [0.15, 0.2) is 5.76 Å². The van der Waals surface area contributed by atoms with E-state index < -0.39 is 6.09 Å². The molecule has 2 rings (SSSR count). The summed E-state index contributed by atoms with van der Waals surface area (Å²) in [5.41, 5.74) is 0.522. The number of benzene rings is 1. The van der Waals surface area contributed by atoms with Gasteiger partial charge in [0.05, 0.1) is 5.88 Å². The third-order valence-electron chi connectivity index (χ3n) is 1.94. The number of anilines is 1. The minimum absolute atomic E-state index is 0.0465. The lowest BCUT2D eigenvalue weighted by Gasteiger charge is -2.03. The average molecular weight is 287 g/mol. The van der Waals surface area contributed by atoms with Crippen molar-refractivity contribution in [3.8, 4) is 5.88 Å². The molecule has 7 heteroatoms. The smallest absolute Gasteiger partial charge is 0.388 e. The zero-order valence-electron chi connectivity index (χ0n) is 9.02. The third kappa shape index (κ3) is 3.38. The minimum atomic E-state index is -0.688. The molecule has 0 aliphatic rings. The Labute approximate surface area is 113 Å². The molecule has 94 valence electrons. The van der Waals surface area contributed by atoms with Gasteiger partial charge < -0.3 is 9.26 Å². The Morgan fingerprint density at radius 1 is 1.44 bits per heavy atom. The fraction of sp³-hybridized carbons (Fsp3) is 0.0909. The van der Waals surface area contributed by atoms with Gasteiger partial charge in [-0.05, 0) is 23.4 Å². The van der Waals surface area contributed by atoms with Crippen molar-refractivity contribution in [3.63, 3.8) is 0 Å². The molecule has 1 aromatic carbocycles. The number of carbonyl (C=O) groups excluding carboxylic acids is 1. The van der Waals surface area contributed by atoms with E-state index >= 15 is 0 Å². The van der Waals surface area contributed by atoms with Crippen molar-refractivity contribution in [2.24, 2.45) is 0 Å². The maximum atomic E-state index is 11.5. The number of alkyl halides is 1. The molecule has 0 bridgehead atoms. The van der Waals surface area contributed by atoms with Gasteiger partial charge >= 0.3 is 6.09 Å². The Hall–Kier alpha value is -1.72. The molecule has 1 heterocycles. The summed E-state index contributed by atoms with van der Waals surface area (Å²) in [4.78, 5) is 11.5. The van der Waals surface area contributed by atoms with Crippen molar-refractivity contribution in [1.82, 2.24) is 5.16 Å².